The van der Waals surface area contributed by atoms with Crippen molar-refractivity contribution in [3.05, 3.63) is 41.7 Å². The van der Waals surface area contributed by atoms with Gasteiger partial charge in [0.25, 0.3) is 0 Å². The molecule has 0 N–H and O–H groups in total. The van der Waals surface area contributed by atoms with Gasteiger partial charge in [-0.25, -0.2) is 0 Å². The summed E-state index contributed by atoms with van der Waals surface area (Å²) in [6, 6.07) is 1.92. The van der Waals surface area contributed by atoms with E-state index in [4.69, 9.17) is 0 Å². The molecule has 0 amide bonds. The molecule has 0 aliphatic heterocycles. The predicted octanol–water partition coefficient (Wildman–Crippen LogP) is 1.69. The normalized spacial score (nSPS) is 9.42. The number of pyridine rings is 1. The predicted molar refractivity (Wildman–Crippen MR) is 47.9 cm³/mol. The molecule has 1 aromatic rings. The number of rotatable bonds is 3. The molecule has 0 atom stereocenters. The van der Waals surface area contributed by atoms with Crippen molar-refractivity contribution in [1.29, 1.82) is 0 Å². The maximum absolute atomic E-state index is 10.3. The molecule has 2 heteroatoms. The van der Waals surface area contributed by atoms with Crippen LogP contribution in [0.3, 0.4) is 0 Å². The van der Waals surface area contributed by atoms with Gasteiger partial charge in [0.1, 0.15) is 6.29 Å². The summed E-state index contributed by atoms with van der Waals surface area (Å²) in [5.41, 5.74) is 2.80. The van der Waals surface area contributed by atoms with E-state index in [-0.39, 0.29) is 0 Å². The Kier molecular flexibility index (Phi) is 2.75. The van der Waals surface area contributed by atoms with E-state index in [0.717, 1.165) is 17.4 Å². The number of carbonyl (C=O) groups is 1. The Morgan fingerprint density at radius 3 is 3.08 bits per heavy atom. The van der Waals surface area contributed by atoms with Crippen molar-refractivity contribution in [1.82, 2.24) is 4.98 Å². The lowest BCUT2D eigenvalue weighted by Crippen LogP contribution is -1.93. The number of aryl methyl sites for hydroxylation is 1. The molecular weight excluding hydrogens is 150 g/mol. The Morgan fingerprint density at radius 2 is 2.50 bits per heavy atom. The van der Waals surface area contributed by atoms with Gasteiger partial charge in [-0.05, 0) is 29.7 Å². The zero-order chi connectivity index (χ0) is 8.97. The van der Waals surface area contributed by atoms with Crippen LogP contribution in [0, 0.1) is 6.92 Å². The number of carbonyl (C=O) groups excluding carboxylic acids is 1. The second-order valence-corrected chi connectivity index (χ2v) is 2.76. The van der Waals surface area contributed by atoms with E-state index in [0.29, 0.717) is 12.0 Å². The molecule has 0 fully saturated rings. The summed E-state index contributed by atoms with van der Waals surface area (Å²) in [4.78, 5) is 14.3. The molecule has 0 aromatic carbocycles. The lowest BCUT2D eigenvalue weighted by molar-refractivity contribution is -0.104. The van der Waals surface area contributed by atoms with Gasteiger partial charge in [-0.2, -0.15) is 0 Å². The third-order valence-electron chi connectivity index (χ3n) is 1.73. The Bertz CT molecular complexity index is 304. The van der Waals surface area contributed by atoms with Crippen LogP contribution in [0.4, 0.5) is 0 Å². The van der Waals surface area contributed by atoms with E-state index in [2.05, 4.69) is 11.6 Å². The van der Waals surface area contributed by atoms with Crippen molar-refractivity contribution in [2.75, 3.05) is 0 Å². The monoisotopic (exact) mass is 161 g/mol. The highest BCUT2D eigenvalue weighted by Crippen LogP contribution is 2.08. The van der Waals surface area contributed by atoms with Gasteiger partial charge in [0.05, 0.1) is 0 Å². The topological polar surface area (TPSA) is 30.0 Å². The zero-order valence-corrected chi connectivity index (χ0v) is 7.08. The van der Waals surface area contributed by atoms with E-state index >= 15 is 0 Å². The van der Waals surface area contributed by atoms with Crippen LogP contribution < -0.4 is 0 Å². The molecule has 1 rings (SSSR count). The molecule has 0 radical (unpaired) electrons. The summed E-state index contributed by atoms with van der Waals surface area (Å²) < 4.78 is 0. The van der Waals surface area contributed by atoms with Crippen LogP contribution in [0.15, 0.2) is 30.6 Å². The lowest BCUT2D eigenvalue weighted by atomic mass is 10.1. The van der Waals surface area contributed by atoms with Crippen molar-refractivity contribution < 1.29 is 4.79 Å². The second-order valence-electron chi connectivity index (χ2n) is 2.76. The molecule has 0 saturated heterocycles. The molecule has 2 nitrogen and oxygen atoms in total. The molecule has 12 heavy (non-hydrogen) atoms. The van der Waals surface area contributed by atoms with Crippen LogP contribution in [-0.4, -0.2) is 11.3 Å². The highest BCUT2D eigenvalue weighted by molar-refractivity contribution is 5.72. The van der Waals surface area contributed by atoms with Gasteiger partial charge in [-0.1, -0.05) is 6.58 Å². The van der Waals surface area contributed by atoms with Crippen LogP contribution in [-0.2, 0) is 11.2 Å². The molecule has 0 spiro atoms. The van der Waals surface area contributed by atoms with Crippen LogP contribution in [0.5, 0.6) is 0 Å². The van der Waals surface area contributed by atoms with Gasteiger partial charge >= 0.3 is 0 Å². The van der Waals surface area contributed by atoms with Gasteiger partial charge in [-0.3, -0.25) is 9.78 Å². The molecule has 0 saturated carbocycles. The Labute approximate surface area is 71.9 Å². The highest BCUT2D eigenvalue weighted by Gasteiger charge is 1.98. The van der Waals surface area contributed by atoms with Gasteiger partial charge in [0, 0.05) is 18.8 Å². The van der Waals surface area contributed by atoms with Crippen molar-refractivity contribution in [2.45, 2.75) is 13.3 Å². The first-order chi connectivity index (χ1) is 5.74. The fraction of sp³-hybridized carbons (Fsp3) is 0.200. The highest BCUT2D eigenvalue weighted by atomic mass is 16.1. The number of hydrogen-bond acceptors (Lipinski definition) is 2. The SMILES string of the molecule is C=C(C=O)Cc1cnccc1C. The van der Waals surface area contributed by atoms with Gasteiger partial charge in [-0.15, -0.1) is 0 Å². The van der Waals surface area contributed by atoms with Crippen LogP contribution in [0.2, 0.25) is 0 Å². The lowest BCUT2D eigenvalue weighted by Gasteiger charge is -2.01. The maximum atomic E-state index is 10.3. The molecule has 0 aliphatic rings. The second kappa shape index (κ2) is 3.81. The Morgan fingerprint density at radius 1 is 1.75 bits per heavy atom. The minimum atomic E-state index is 0.589. The quantitative estimate of drug-likeness (QED) is 0.498. The fourth-order valence-corrected chi connectivity index (χ4v) is 0.968. The summed E-state index contributed by atoms with van der Waals surface area (Å²) in [5.74, 6) is 0. The molecule has 1 aromatic heterocycles. The fourth-order valence-electron chi connectivity index (χ4n) is 0.968. The molecular formula is C10H11NO. The summed E-state index contributed by atoms with van der Waals surface area (Å²) >= 11 is 0. The first-order valence-corrected chi connectivity index (χ1v) is 3.76. The number of allylic oxidation sites excluding steroid dienone is 1. The third-order valence-corrected chi connectivity index (χ3v) is 1.73. The first kappa shape index (κ1) is 8.65. The van der Waals surface area contributed by atoms with E-state index in [1.54, 1.807) is 12.4 Å². The van der Waals surface area contributed by atoms with Crippen LogP contribution in [0.25, 0.3) is 0 Å². The smallest absolute Gasteiger partial charge is 0.145 e. The molecule has 0 aliphatic carbocycles. The molecule has 62 valence electrons. The van der Waals surface area contributed by atoms with Crippen LogP contribution in [0.1, 0.15) is 11.1 Å². The molecule has 0 bridgehead atoms. The zero-order valence-electron chi connectivity index (χ0n) is 7.08. The number of hydrogen-bond donors (Lipinski definition) is 0. The maximum Gasteiger partial charge on any atom is 0.145 e. The van der Waals surface area contributed by atoms with E-state index in [1.165, 1.54) is 0 Å². The molecule has 0 unspecified atom stereocenters. The van der Waals surface area contributed by atoms with Gasteiger partial charge in [0.2, 0.25) is 0 Å². The Hall–Kier alpha value is -1.44. The van der Waals surface area contributed by atoms with Crippen molar-refractivity contribution in [2.24, 2.45) is 0 Å². The number of aldehydes is 1. The Balaban J connectivity index is 2.82. The summed E-state index contributed by atoms with van der Waals surface area (Å²) in [6.45, 7) is 5.61. The largest absolute Gasteiger partial charge is 0.298 e. The van der Waals surface area contributed by atoms with Crippen LogP contribution >= 0.6 is 0 Å². The minimum Gasteiger partial charge on any atom is -0.298 e. The average molecular weight is 161 g/mol. The van der Waals surface area contributed by atoms with E-state index in [1.807, 2.05) is 13.0 Å². The summed E-state index contributed by atoms with van der Waals surface area (Å²) in [6.07, 6.45) is 4.89. The standard InChI is InChI=1S/C10H11NO/c1-8(7-12)5-10-6-11-4-3-9(10)2/h3-4,6-7H,1,5H2,2H3. The summed E-state index contributed by atoms with van der Waals surface area (Å²) in [7, 11) is 0. The molecule has 1 heterocycles. The number of nitrogens with zero attached hydrogens (tertiary/aromatic N) is 1. The number of aromatic nitrogens is 1. The van der Waals surface area contributed by atoms with Crippen molar-refractivity contribution in [3.63, 3.8) is 0 Å². The van der Waals surface area contributed by atoms with E-state index < -0.39 is 0 Å². The minimum absolute atomic E-state index is 0.589. The van der Waals surface area contributed by atoms with Gasteiger partial charge < -0.3 is 0 Å². The van der Waals surface area contributed by atoms with Crippen molar-refractivity contribution >= 4 is 6.29 Å². The van der Waals surface area contributed by atoms with E-state index in [9.17, 15) is 4.79 Å². The average Bonchev–Trinajstić information content (AvgIpc) is 2.09. The third kappa shape index (κ3) is 2.02. The summed E-state index contributed by atoms with van der Waals surface area (Å²) in [5, 5.41) is 0. The first-order valence-electron chi connectivity index (χ1n) is 3.76. The van der Waals surface area contributed by atoms with Gasteiger partial charge in [0.15, 0.2) is 0 Å². The van der Waals surface area contributed by atoms with Crippen molar-refractivity contribution in [3.8, 4) is 0 Å².